The summed E-state index contributed by atoms with van der Waals surface area (Å²) >= 11 is 0. The van der Waals surface area contributed by atoms with Crippen molar-refractivity contribution in [1.29, 1.82) is 0 Å². The van der Waals surface area contributed by atoms with E-state index in [4.69, 9.17) is 5.73 Å². The summed E-state index contributed by atoms with van der Waals surface area (Å²) in [6.45, 7) is 0. The third kappa shape index (κ3) is 2.29. The summed E-state index contributed by atoms with van der Waals surface area (Å²) in [6, 6.07) is 3.50. The topological polar surface area (TPSA) is 46.3 Å². The second-order valence-electron chi connectivity index (χ2n) is 4.42. The molecule has 92 valence electrons. The molecule has 0 radical (unpaired) electrons. The van der Waals surface area contributed by atoms with Crippen LogP contribution < -0.4 is 10.6 Å². The SMILES string of the molecule is CN(C(=O)C1CC(N)C1)c1ccc(F)c(F)c1. The summed E-state index contributed by atoms with van der Waals surface area (Å²) in [5, 5.41) is 0. The maximum Gasteiger partial charge on any atom is 0.229 e. The lowest BCUT2D eigenvalue weighted by Gasteiger charge is -2.34. The van der Waals surface area contributed by atoms with Crippen LogP contribution in [-0.2, 0) is 4.79 Å². The number of nitrogens with zero attached hydrogens (tertiary/aromatic N) is 1. The number of amides is 1. The minimum atomic E-state index is -0.951. The van der Waals surface area contributed by atoms with Gasteiger partial charge in [0.15, 0.2) is 11.6 Å². The minimum Gasteiger partial charge on any atom is -0.328 e. The van der Waals surface area contributed by atoms with Crippen molar-refractivity contribution in [3.05, 3.63) is 29.8 Å². The lowest BCUT2D eigenvalue weighted by Crippen LogP contribution is -2.45. The van der Waals surface area contributed by atoms with Crippen molar-refractivity contribution in [1.82, 2.24) is 0 Å². The molecule has 17 heavy (non-hydrogen) atoms. The molecule has 3 nitrogen and oxygen atoms in total. The lowest BCUT2D eigenvalue weighted by molar-refractivity contribution is -0.124. The van der Waals surface area contributed by atoms with Gasteiger partial charge in [0.25, 0.3) is 0 Å². The number of carbonyl (C=O) groups is 1. The fraction of sp³-hybridized carbons (Fsp3) is 0.417. The van der Waals surface area contributed by atoms with Crippen LogP contribution in [0.1, 0.15) is 12.8 Å². The zero-order chi connectivity index (χ0) is 12.6. The van der Waals surface area contributed by atoms with Crippen LogP contribution in [0.4, 0.5) is 14.5 Å². The van der Waals surface area contributed by atoms with Gasteiger partial charge in [0.1, 0.15) is 0 Å². The molecule has 2 rings (SSSR count). The van der Waals surface area contributed by atoms with Gasteiger partial charge in [0.05, 0.1) is 0 Å². The molecule has 1 aliphatic carbocycles. The Labute approximate surface area is 98.2 Å². The predicted molar refractivity (Wildman–Crippen MR) is 60.5 cm³/mol. The Morgan fingerprint density at radius 1 is 1.35 bits per heavy atom. The van der Waals surface area contributed by atoms with Gasteiger partial charge in [-0.25, -0.2) is 8.78 Å². The fourth-order valence-electron chi connectivity index (χ4n) is 1.96. The third-order valence-corrected chi connectivity index (χ3v) is 3.14. The molecule has 1 saturated carbocycles. The normalized spacial score (nSPS) is 23.1. The highest BCUT2D eigenvalue weighted by Gasteiger charge is 2.34. The van der Waals surface area contributed by atoms with E-state index in [1.54, 1.807) is 7.05 Å². The fourth-order valence-corrected chi connectivity index (χ4v) is 1.96. The first kappa shape index (κ1) is 12.0. The van der Waals surface area contributed by atoms with Gasteiger partial charge < -0.3 is 10.6 Å². The van der Waals surface area contributed by atoms with Crippen molar-refractivity contribution in [2.24, 2.45) is 11.7 Å². The summed E-state index contributed by atoms with van der Waals surface area (Å²) in [7, 11) is 1.55. The standard InChI is InChI=1S/C12H14F2N2O/c1-16(12(17)7-4-8(15)5-7)9-2-3-10(13)11(14)6-9/h2-3,6-8H,4-5,15H2,1H3. The maximum absolute atomic E-state index is 13.0. The van der Waals surface area contributed by atoms with E-state index in [0.29, 0.717) is 18.5 Å². The van der Waals surface area contributed by atoms with Crippen LogP contribution in [0, 0.1) is 17.6 Å². The van der Waals surface area contributed by atoms with Gasteiger partial charge in [0.2, 0.25) is 5.91 Å². The molecule has 1 amide bonds. The molecular weight excluding hydrogens is 226 g/mol. The van der Waals surface area contributed by atoms with E-state index in [1.807, 2.05) is 0 Å². The Balaban J connectivity index is 2.11. The number of carbonyl (C=O) groups excluding carboxylic acids is 1. The minimum absolute atomic E-state index is 0.0855. The van der Waals surface area contributed by atoms with Crippen molar-refractivity contribution < 1.29 is 13.6 Å². The molecule has 0 bridgehead atoms. The first-order valence-corrected chi connectivity index (χ1v) is 5.47. The zero-order valence-electron chi connectivity index (χ0n) is 9.49. The quantitative estimate of drug-likeness (QED) is 0.854. The predicted octanol–water partition coefficient (Wildman–Crippen LogP) is 1.66. The molecule has 1 aliphatic rings. The highest BCUT2D eigenvalue weighted by atomic mass is 19.2. The molecule has 0 unspecified atom stereocenters. The molecule has 2 N–H and O–H groups in total. The summed E-state index contributed by atoms with van der Waals surface area (Å²) in [4.78, 5) is 13.3. The number of halogens is 2. The Morgan fingerprint density at radius 3 is 2.53 bits per heavy atom. The van der Waals surface area contributed by atoms with Crippen molar-refractivity contribution >= 4 is 11.6 Å². The van der Waals surface area contributed by atoms with Crippen LogP contribution in [0.2, 0.25) is 0 Å². The Hall–Kier alpha value is -1.49. The van der Waals surface area contributed by atoms with E-state index >= 15 is 0 Å². The molecule has 0 heterocycles. The maximum atomic E-state index is 13.0. The summed E-state index contributed by atoms with van der Waals surface area (Å²) in [5.74, 6) is -2.06. The van der Waals surface area contributed by atoms with E-state index < -0.39 is 11.6 Å². The number of hydrogen-bond donors (Lipinski definition) is 1. The Kier molecular flexibility index (Phi) is 3.11. The molecule has 5 heteroatoms. The summed E-state index contributed by atoms with van der Waals surface area (Å²) < 4.78 is 25.8. The van der Waals surface area contributed by atoms with Gasteiger partial charge in [-0.15, -0.1) is 0 Å². The molecule has 0 aliphatic heterocycles. The number of hydrogen-bond acceptors (Lipinski definition) is 2. The average molecular weight is 240 g/mol. The molecule has 0 atom stereocenters. The van der Waals surface area contributed by atoms with Crippen LogP contribution in [0.15, 0.2) is 18.2 Å². The Bertz CT molecular complexity index is 444. The largest absolute Gasteiger partial charge is 0.328 e. The number of benzene rings is 1. The van der Waals surface area contributed by atoms with Gasteiger partial charge in [0, 0.05) is 30.8 Å². The lowest BCUT2D eigenvalue weighted by atomic mass is 9.80. The highest BCUT2D eigenvalue weighted by molar-refractivity contribution is 5.95. The molecule has 1 aromatic carbocycles. The van der Waals surface area contributed by atoms with Crippen LogP contribution in [0.3, 0.4) is 0 Å². The summed E-state index contributed by atoms with van der Waals surface area (Å²) in [5.41, 5.74) is 5.97. The molecule has 0 spiro atoms. The zero-order valence-corrected chi connectivity index (χ0v) is 9.49. The molecule has 0 aromatic heterocycles. The van der Waals surface area contributed by atoms with Crippen LogP contribution in [-0.4, -0.2) is 19.0 Å². The van der Waals surface area contributed by atoms with E-state index in [9.17, 15) is 13.6 Å². The second kappa shape index (κ2) is 4.41. The second-order valence-corrected chi connectivity index (χ2v) is 4.42. The van der Waals surface area contributed by atoms with Crippen molar-refractivity contribution in [3.8, 4) is 0 Å². The van der Waals surface area contributed by atoms with Crippen LogP contribution in [0.5, 0.6) is 0 Å². The first-order valence-electron chi connectivity index (χ1n) is 5.47. The number of anilines is 1. The van der Waals surface area contributed by atoms with Gasteiger partial charge in [-0.05, 0) is 25.0 Å². The van der Waals surface area contributed by atoms with Gasteiger partial charge in [-0.3, -0.25) is 4.79 Å². The monoisotopic (exact) mass is 240 g/mol. The molecule has 0 saturated heterocycles. The van der Waals surface area contributed by atoms with Gasteiger partial charge >= 0.3 is 0 Å². The van der Waals surface area contributed by atoms with Crippen molar-refractivity contribution in [2.45, 2.75) is 18.9 Å². The van der Waals surface area contributed by atoms with Gasteiger partial charge in [-0.1, -0.05) is 0 Å². The van der Waals surface area contributed by atoms with Crippen molar-refractivity contribution in [3.63, 3.8) is 0 Å². The third-order valence-electron chi connectivity index (χ3n) is 3.14. The summed E-state index contributed by atoms with van der Waals surface area (Å²) in [6.07, 6.45) is 1.32. The average Bonchev–Trinajstić information content (AvgIpc) is 2.27. The van der Waals surface area contributed by atoms with Gasteiger partial charge in [-0.2, -0.15) is 0 Å². The van der Waals surface area contributed by atoms with E-state index in [1.165, 1.54) is 11.0 Å². The first-order chi connectivity index (χ1) is 7.99. The molecular formula is C12H14F2N2O. The van der Waals surface area contributed by atoms with E-state index in [-0.39, 0.29) is 17.9 Å². The molecule has 1 fully saturated rings. The number of nitrogens with two attached hydrogens (primary N) is 1. The highest BCUT2D eigenvalue weighted by Crippen LogP contribution is 2.29. The van der Waals surface area contributed by atoms with Crippen molar-refractivity contribution in [2.75, 3.05) is 11.9 Å². The molecule has 1 aromatic rings. The van der Waals surface area contributed by atoms with E-state index in [2.05, 4.69) is 0 Å². The smallest absolute Gasteiger partial charge is 0.229 e. The van der Waals surface area contributed by atoms with Crippen LogP contribution in [0.25, 0.3) is 0 Å². The Morgan fingerprint density at radius 2 is 2.00 bits per heavy atom. The number of rotatable bonds is 2. The van der Waals surface area contributed by atoms with Crippen LogP contribution >= 0.6 is 0 Å². The van der Waals surface area contributed by atoms with E-state index in [0.717, 1.165) is 12.1 Å².